The second kappa shape index (κ2) is 12.4. The minimum Gasteiger partial charge on any atom is -0.465 e. The van der Waals surface area contributed by atoms with Gasteiger partial charge in [0.1, 0.15) is 0 Å². The van der Waals surface area contributed by atoms with Crippen LogP contribution in [0.3, 0.4) is 0 Å². The Kier molecular flexibility index (Phi) is 8.51. The van der Waals surface area contributed by atoms with Crippen LogP contribution in [-0.4, -0.2) is 42.9 Å². The topological polar surface area (TPSA) is 75.7 Å². The van der Waals surface area contributed by atoms with Gasteiger partial charge in [0.25, 0.3) is 0 Å². The predicted octanol–water partition coefficient (Wildman–Crippen LogP) is 4.76. The summed E-state index contributed by atoms with van der Waals surface area (Å²) in [5, 5.41) is 2.99. The van der Waals surface area contributed by atoms with Gasteiger partial charge in [-0.05, 0) is 60.9 Å². The van der Waals surface area contributed by atoms with Crippen molar-refractivity contribution < 1.29 is 19.1 Å². The van der Waals surface area contributed by atoms with Gasteiger partial charge in [-0.25, -0.2) is 4.79 Å². The lowest BCUT2D eigenvalue weighted by atomic mass is 9.95. The molecule has 0 bridgehead atoms. The van der Waals surface area contributed by atoms with Crippen LogP contribution < -0.4 is 5.32 Å². The molecule has 0 unspecified atom stereocenters. The molecule has 0 spiro atoms. The van der Waals surface area contributed by atoms with Crippen LogP contribution in [0.25, 0.3) is 6.08 Å². The summed E-state index contributed by atoms with van der Waals surface area (Å²) in [5.41, 5.74) is 3.52. The fraction of sp³-hybridized carbons (Fsp3) is 0.194. The first-order chi connectivity index (χ1) is 18.0. The van der Waals surface area contributed by atoms with Crippen LogP contribution in [0, 0.1) is 17.8 Å². The molecule has 1 N–H and O–H groups in total. The van der Waals surface area contributed by atoms with Crippen LogP contribution in [0.4, 0.5) is 5.69 Å². The van der Waals surface area contributed by atoms with E-state index in [1.807, 2.05) is 66.7 Å². The molecule has 37 heavy (non-hydrogen) atoms. The number of amides is 2. The van der Waals surface area contributed by atoms with Gasteiger partial charge < -0.3 is 15.0 Å². The lowest BCUT2D eigenvalue weighted by Crippen LogP contribution is -2.40. The van der Waals surface area contributed by atoms with Gasteiger partial charge in [-0.15, -0.1) is 0 Å². The molecule has 3 aromatic carbocycles. The Morgan fingerprint density at radius 3 is 2.27 bits per heavy atom. The van der Waals surface area contributed by atoms with E-state index in [2.05, 4.69) is 17.2 Å². The van der Waals surface area contributed by atoms with E-state index in [4.69, 9.17) is 4.74 Å². The first kappa shape index (κ1) is 25.5. The minimum atomic E-state index is -0.410. The Morgan fingerprint density at radius 1 is 0.892 bits per heavy atom. The van der Waals surface area contributed by atoms with Crippen LogP contribution in [0.5, 0.6) is 0 Å². The summed E-state index contributed by atoms with van der Waals surface area (Å²) in [7, 11) is 1.34. The molecule has 0 radical (unpaired) electrons. The van der Waals surface area contributed by atoms with E-state index in [9.17, 15) is 14.4 Å². The molecule has 3 aromatic rings. The second-order valence-corrected chi connectivity index (χ2v) is 8.74. The SMILES string of the molecule is COC(=O)c1cccc(C#Cc2cccc(NC(=O)C3CCN(C(=O)/C=C/c4ccccc4)CC3)c2)c1. The van der Waals surface area contributed by atoms with Gasteiger partial charge in [0.2, 0.25) is 11.8 Å². The number of benzene rings is 3. The largest absolute Gasteiger partial charge is 0.465 e. The highest BCUT2D eigenvalue weighted by atomic mass is 16.5. The molecule has 2 amide bonds. The minimum absolute atomic E-state index is 0.0360. The smallest absolute Gasteiger partial charge is 0.337 e. The number of likely N-dealkylation sites (tertiary alicyclic amines) is 1. The normalized spacial score (nSPS) is 13.5. The number of anilines is 1. The maximum Gasteiger partial charge on any atom is 0.337 e. The van der Waals surface area contributed by atoms with E-state index < -0.39 is 5.97 Å². The summed E-state index contributed by atoms with van der Waals surface area (Å²) in [6.07, 6.45) is 4.64. The van der Waals surface area contributed by atoms with Crippen LogP contribution in [-0.2, 0) is 14.3 Å². The summed E-state index contributed by atoms with van der Waals surface area (Å²) >= 11 is 0. The first-order valence-corrected chi connectivity index (χ1v) is 12.2. The summed E-state index contributed by atoms with van der Waals surface area (Å²) in [5.74, 6) is 5.47. The van der Waals surface area contributed by atoms with Gasteiger partial charge >= 0.3 is 5.97 Å². The van der Waals surface area contributed by atoms with Gasteiger partial charge in [0, 0.05) is 41.9 Å². The number of rotatable bonds is 5. The Bertz CT molecular complexity index is 1360. The average molecular weight is 493 g/mol. The maximum absolute atomic E-state index is 12.9. The zero-order valence-corrected chi connectivity index (χ0v) is 20.6. The number of ether oxygens (including phenoxy) is 1. The Balaban J connectivity index is 1.31. The Labute approximate surface area is 217 Å². The van der Waals surface area contributed by atoms with Crippen molar-refractivity contribution in [2.45, 2.75) is 12.8 Å². The van der Waals surface area contributed by atoms with Crippen molar-refractivity contribution in [1.82, 2.24) is 4.90 Å². The third kappa shape index (κ3) is 7.18. The molecule has 186 valence electrons. The zero-order chi connectivity index (χ0) is 26.0. The number of nitrogens with one attached hydrogen (secondary N) is 1. The number of nitrogens with zero attached hydrogens (tertiary/aromatic N) is 1. The molecule has 6 nitrogen and oxygen atoms in total. The molecule has 0 atom stereocenters. The monoisotopic (exact) mass is 492 g/mol. The summed E-state index contributed by atoms with van der Waals surface area (Å²) in [6, 6.07) is 24.0. The van der Waals surface area contributed by atoms with E-state index in [0.29, 0.717) is 42.7 Å². The summed E-state index contributed by atoms with van der Waals surface area (Å²) in [6.45, 7) is 1.10. The number of carbonyl (C=O) groups is 3. The standard InChI is InChI=1S/C31H28N2O4/c1-37-31(36)27-11-5-9-24(21-27)13-14-25-10-6-12-28(22-25)32-30(35)26-17-19-33(20-18-26)29(34)16-15-23-7-3-2-4-8-23/h2-12,15-16,21-22,26H,17-20H2,1H3,(H,32,35)/b16-15+. The molecule has 1 aliphatic heterocycles. The van der Waals surface area contributed by atoms with Gasteiger partial charge in [0.05, 0.1) is 12.7 Å². The average Bonchev–Trinajstić information content (AvgIpc) is 2.95. The number of hydrogen-bond acceptors (Lipinski definition) is 4. The van der Waals surface area contributed by atoms with Gasteiger partial charge in [0.15, 0.2) is 0 Å². The number of hydrogen-bond donors (Lipinski definition) is 1. The molecule has 1 heterocycles. The molecular formula is C31H28N2O4. The van der Waals surface area contributed by atoms with Crippen LogP contribution >= 0.6 is 0 Å². The lowest BCUT2D eigenvalue weighted by molar-refractivity contribution is -0.130. The molecule has 4 rings (SSSR count). The summed E-state index contributed by atoms with van der Waals surface area (Å²) in [4.78, 5) is 38.9. The van der Waals surface area contributed by atoms with Crippen molar-refractivity contribution >= 4 is 29.5 Å². The van der Waals surface area contributed by atoms with Crippen molar-refractivity contribution in [3.63, 3.8) is 0 Å². The highest BCUT2D eigenvalue weighted by molar-refractivity contribution is 5.94. The highest BCUT2D eigenvalue weighted by Crippen LogP contribution is 2.20. The number of methoxy groups -OCH3 is 1. The molecule has 6 heteroatoms. The molecule has 1 aliphatic rings. The molecule has 1 saturated heterocycles. The second-order valence-electron chi connectivity index (χ2n) is 8.74. The number of carbonyl (C=O) groups excluding carboxylic acids is 3. The van der Waals surface area contributed by atoms with E-state index in [-0.39, 0.29) is 17.7 Å². The fourth-order valence-corrected chi connectivity index (χ4v) is 4.10. The summed E-state index contributed by atoms with van der Waals surface area (Å²) < 4.78 is 4.75. The van der Waals surface area contributed by atoms with Crippen molar-refractivity contribution in [2.75, 3.05) is 25.5 Å². The van der Waals surface area contributed by atoms with Crippen molar-refractivity contribution in [3.8, 4) is 11.8 Å². The molecule has 0 aromatic heterocycles. The number of piperidine rings is 1. The van der Waals surface area contributed by atoms with E-state index in [0.717, 1.165) is 11.1 Å². The quantitative estimate of drug-likeness (QED) is 0.317. The van der Waals surface area contributed by atoms with Crippen LogP contribution in [0.1, 0.15) is 39.9 Å². The van der Waals surface area contributed by atoms with Crippen molar-refractivity contribution in [1.29, 1.82) is 0 Å². The highest BCUT2D eigenvalue weighted by Gasteiger charge is 2.26. The van der Waals surface area contributed by atoms with Gasteiger partial charge in [-0.1, -0.05) is 54.3 Å². The third-order valence-electron chi connectivity index (χ3n) is 6.16. The molecule has 0 aliphatic carbocycles. The van der Waals surface area contributed by atoms with E-state index >= 15 is 0 Å². The predicted molar refractivity (Wildman–Crippen MR) is 144 cm³/mol. The fourth-order valence-electron chi connectivity index (χ4n) is 4.10. The Hall–Kier alpha value is -4.63. The number of esters is 1. The van der Waals surface area contributed by atoms with Gasteiger partial charge in [-0.3, -0.25) is 9.59 Å². The van der Waals surface area contributed by atoms with Gasteiger partial charge in [-0.2, -0.15) is 0 Å². The van der Waals surface area contributed by atoms with Crippen molar-refractivity contribution in [3.05, 3.63) is 107 Å². The van der Waals surface area contributed by atoms with Crippen LogP contribution in [0.2, 0.25) is 0 Å². The van der Waals surface area contributed by atoms with Crippen LogP contribution in [0.15, 0.2) is 84.9 Å². The molecular weight excluding hydrogens is 464 g/mol. The van der Waals surface area contributed by atoms with E-state index in [1.54, 1.807) is 29.2 Å². The Morgan fingerprint density at radius 2 is 1.57 bits per heavy atom. The van der Waals surface area contributed by atoms with E-state index in [1.165, 1.54) is 7.11 Å². The van der Waals surface area contributed by atoms with Crippen molar-refractivity contribution in [2.24, 2.45) is 5.92 Å². The first-order valence-electron chi connectivity index (χ1n) is 12.2. The molecule has 0 saturated carbocycles. The maximum atomic E-state index is 12.9. The lowest BCUT2D eigenvalue weighted by Gasteiger charge is -2.30. The molecule has 1 fully saturated rings. The third-order valence-corrected chi connectivity index (χ3v) is 6.16. The zero-order valence-electron chi connectivity index (χ0n) is 20.6.